The van der Waals surface area contributed by atoms with Gasteiger partial charge in [-0.15, -0.1) is 24.0 Å². The molecule has 0 aliphatic rings. The topological polar surface area (TPSA) is 53.6 Å². The van der Waals surface area contributed by atoms with E-state index in [0.29, 0.717) is 0 Å². The van der Waals surface area contributed by atoms with E-state index >= 15 is 0 Å². The molecule has 0 fully saturated rings. The van der Waals surface area contributed by atoms with Crippen molar-refractivity contribution in [1.82, 2.24) is 4.90 Å². The minimum atomic E-state index is -4.19. The molecule has 0 aromatic heterocycles. The van der Waals surface area contributed by atoms with Crippen LogP contribution in [0.15, 0.2) is 23.2 Å². The molecule has 4 nitrogen and oxygen atoms in total. The van der Waals surface area contributed by atoms with E-state index in [4.69, 9.17) is 5.73 Å². The Hall–Kier alpha value is -1.03. The number of aliphatic imine (C=N–C) groups is 1. The smallest absolute Gasteiger partial charge is 0.370 e. The van der Waals surface area contributed by atoms with Gasteiger partial charge in [-0.25, -0.2) is 0 Å². The highest BCUT2D eigenvalue weighted by atomic mass is 127. The van der Waals surface area contributed by atoms with Crippen LogP contribution in [0, 0.1) is 13.8 Å². The fourth-order valence-electron chi connectivity index (χ4n) is 1.73. The Labute approximate surface area is 146 Å². The highest BCUT2D eigenvalue weighted by Gasteiger charge is 2.28. The number of alkyl halides is 3. The number of nitrogens with one attached hydrogen (secondary N) is 1. The van der Waals surface area contributed by atoms with Gasteiger partial charge < -0.3 is 11.1 Å². The maximum Gasteiger partial charge on any atom is 0.401 e. The number of anilines is 1. The quantitative estimate of drug-likeness (QED) is 0.429. The van der Waals surface area contributed by atoms with E-state index in [9.17, 15) is 13.2 Å². The number of nitrogens with zero attached hydrogens (tertiary/aromatic N) is 2. The lowest BCUT2D eigenvalue weighted by Gasteiger charge is -2.17. The van der Waals surface area contributed by atoms with Crippen molar-refractivity contribution in [2.75, 3.05) is 32.0 Å². The Morgan fingerprint density at radius 3 is 2.45 bits per heavy atom. The molecule has 0 amide bonds. The Balaban J connectivity index is 0.00000441. The lowest BCUT2D eigenvalue weighted by molar-refractivity contribution is -0.142. The lowest BCUT2D eigenvalue weighted by atomic mass is 10.1. The van der Waals surface area contributed by atoms with Crippen molar-refractivity contribution >= 4 is 35.6 Å². The summed E-state index contributed by atoms with van der Waals surface area (Å²) in [7, 11) is 1.40. The third-order valence-electron chi connectivity index (χ3n) is 2.99. The molecule has 0 atom stereocenters. The summed E-state index contributed by atoms with van der Waals surface area (Å²) in [5.41, 5.74) is 8.81. The molecule has 0 aliphatic carbocycles. The first-order chi connectivity index (χ1) is 9.67. The number of aryl methyl sites for hydroxylation is 2. The molecular weight excluding hydrogens is 408 g/mol. The molecule has 3 N–H and O–H groups in total. The van der Waals surface area contributed by atoms with Crippen LogP contribution in [0.25, 0.3) is 0 Å². The Morgan fingerprint density at radius 2 is 1.91 bits per heavy atom. The zero-order valence-corrected chi connectivity index (χ0v) is 15.2. The van der Waals surface area contributed by atoms with Crippen LogP contribution in [0.3, 0.4) is 0 Å². The van der Waals surface area contributed by atoms with Crippen molar-refractivity contribution in [3.63, 3.8) is 0 Å². The number of guanidine groups is 1. The normalized spacial score (nSPS) is 12.2. The van der Waals surface area contributed by atoms with Gasteiger partial charge in [0.05, 0.1) is 13.1 Å². The van der Waals surface area contributed by atoms with Crippen molar-refractivity contribution in [3.05, 3.63) is 29.3 Å². The van der Waals surface area contributed by atoms with Gasteiger partial charge in [-0.05, 0) is 44.2 Å². The summed E-state index contributed by atoms with van der Waals surface area (Å²) in [6.07, 6.45) is -4.19. The first kappa shape index (κ1) is 21.0. The Bertz CT molecular complexity index is 503. The van der Waals surface area contributed by atoms with Crippen LogP contribution in [-0.4, -0.2) is 43.7 Å². The van der Waals surface area contributed by atoms with E-state index in [1.165, 1.54) is 12.6 Å². The summed E-state index contributed by atoms with van der Waals surface area (Å²) in [6, 6.07) is 5.77. The summed E-state index contributed by atoms with van der Waals surface area (Å²) >= 11 is 0. The zero-order valence-electron chi connectivity index (χ0n) is 12.9. The van der Waals surface area contributed by atoms with Gasteiger partial charge in [-0.3, -0.25) is 9.89 Å². The van der Waals surface area contributed by atoms with E-state index < -0.39 is 12.7 Å². The van der Waals surface area contributed by atoms with Crippen molar-refractivity contribution in [3.8, 4) is 0 Å². The average Bonchev–Trinajstić information content (AvgIpc) is 2.31. The Kier molecular flexibility index (Phi) is 8.76. The van der Waals surface area contributed by atoms with E-state index in [2.05, 4.69) is 10.3 Å². The third kappa shape index (κ3) is 8.42. The molecule has 22 heavy (non-hydrogen) atoms. The zero-order chi connectivity index (χ0) is 16.0. The van der Waals surface area contributed by atoms with Gasteiger partial charge in [-0.2, -0.15) is 13.2 Å². The number of rotatable bonds is 5. The summed E-state index contributed by atoms with van der Waals surface area (Å²) in [5, 5.41) is 2.92. The summed E-state index contributed by atoms with van der Waals surface area (Å²) in [4.78, 5) is 5.18. The van der Waals surface area contributed by atoms with Gasteiger partial charge in [0.25, 0.3) is 0 Å². The van der Waals surface area contributed by atoms with Crippen LogP contribution < -0.4 is 11.1 Å². The number of halogens is 4. The van der Waals surface area contributed by atoms with Crippen molar-refractivity contribution < 1.29 is 13.2 Å². The number of hydrogen-bond acceptors (Lipinski definition) is 2. The Morgan fingerprint density at radius 1 is 1.27 bits per heavy atom. The van der Waals surface area contributed by atoms with Gasteiger partial charge in [0, 0.05) is 12.2 Å². The van der Waals surface area contributed by atoms with E-state index in [1.807, 2.05) is 32.0 Å². The molecule has 0 unspecified atom stereocenters. The highest BCUT2D eigenvalue weighted by molar-refractivity contribution is 14.0. The SMILES string of the molecule is Cc1ccc(NC(N)=NCCN(C)CC(F)(F)F)cc1C.I. The van der Waals surface area contributed by atoms with Crippen LogP contribution in [0.2, 0.25) is 0 Å². The largest absolute Gasteiger partial charge is 0.401 e. The third-order valence-corrected chi connectivity index (χ3v) is 2.99. The van der Waals surface area contributed by atoms with Gasteiger partial charge in [-0.1, -0.05) is 6.07 Å². The maximum absolute atomic E-state index is 12.1. The maximum atomic E-state index is 12.1. The van der Waals surface area contributed by atoms with Crippen molar-refractivity contribution in [2.45, 2.75) is 20.0 Å². The van der Waals surface area contributed by atoms with Gasteiger partial charge in [0.1, 0.15) is 0 Å². The van der Waals surface area contributed by atoms with Gasteiger partial charge in [0.15, 0.2) is 5.96 Å². The van der Waals surface area contributed by atoms with Crippen molar-refractivity contribution in [2.24, 2.45) is 10.7 Å². The molecule has 8 heteroatoms. The fourth-order valence-corrected chi connectivity index (χ4v) is 1.73. The van der Waals surface area contributed by atoms with Crippen LogP contribution in [0.5, 0.6) is 0 Å². The predicted molar refractivity (Wildman–Crippen MR) is 95.0 cm³/mol. The first-order valence-corrected chi connectivity index (χ1v) is 6.57. The molecular formula is C14H22F3IN4. The second-order valence-corrected chi connectivity index (χ2v) is 5.04. The molecule has 0 aliphatic heterocycles. The monoisotopic (exact) mass is 430 g/mol. The summed E-state index contributed by atoms with van der Waals surface area (Å²) in [6.45, 7) is 3.44. The molecule has 0 saturated carbocycles. The first-order valence-electron chi connectivity index (χ1n) is 6.57. The minimum absolute atomic E-state index is 0. The molecule has 1 aromatic rings. The van der Waals surface area contributed by atoms with E-state index in [0.717, 1.165) is 16.2 Å². The van der Waals surface area contributed by atoms with Crippen LogP contribution in [0.1, 0.15) is 11.1 Å². The molecule has 0 radical (unpaired) electrons. The van der Waals surface area contributed by atoms with E-state index in [1.54, 1.807) is 0 Å². The van der Waals surface area contributed by atoms with Crippen LogP contribution >= 0.6 is 24.0 Å². The number of nitrogens with two attached hydrogens (primary N) is 1. The van der Waals surface area contributed by atoms with Gasteiger partial charge in [0.2, 0.25) is 0 Å². The minimum Gasteiger partial charge on any atom is -0.370 e. The molecule has 126 valence electrons. The predicted octanol–water partition coefficient (Wildman–Crippen LogP) is 3.14. The van der Waals surface area contributed by atoms with E-state index in [-0.39, 0.29) is 43.0 Å². The standard InChI is InChI=1S/C14H21F3N4.HI/c1-10-4-5-12(8-11(10)2)20-13(18)19-6-7-21(3)9-14(15,16)17;/h4-5,8H,6-7,9H2,1-3H3,(H3,18,19,20);1H. The summed E-state index contributed by atoms with van der Waals surface area (Å²) < 4.78 is 36.4. The molecule has 0 heterocycles. The second-order valence-electron chi connectivity index (χ2n) is 5.04. The van der Waals surface area contributed by atoms with Crippen molar-refractivity contribution in [1.29, 1.82) is 0 Å². The fraction of sp³-hybridized carbons (Fsp3) is 0.500. The summed E-state index contributed by atoms with van der Waals surface area (Å²) in [5.74, 6) is 0.193. The number of likely N-dealkylation sites (N-methyl/N-ethyl adjacent to an activating group) is 1. The van der Waals surface area contributed by atoms with Crippen LogP contribution in [-0.2, 0) is 0 Å². The molecule has 0 saturated heterocycles. The number of benzene rings is 1. The van der Waals surface area contributed by atoms with Gasteiger partial charge >= 0.3 is 6.18 Å². The molecule has 1 rings (SSSR count). The lowest BCUT2D eigenvalue weighted by Crippen LogP contribution is -2.33. The molecule has 1 aromatic carbocycles. The molecule has 0 spiro atoms. The van der Waals surface area contributed by atoms with Crippen LogP contribution in [0.4, 0.5) is 18.9 Å². The molecule has 0 bridgehead atoms. The highest BCUT2D eigenvalue weighted by Crippen LogP contribution is 2.15. The second kappa shape index (κ2) is 9.19. The average molecular weight is 430 g/mol. The number of hydrogen-bond donors (Lipinski definition) is 2.